The number of hydrogen-bond donors (Lipinski definition) is 0. The van der Waals surface area contributed by atoms with Crippen LogP contribution in [0.25, 0.3) is 0 Å². The van der Waals surface area contributed by atoms with Gasteiger partial charge in [-0.1, -0.05) is 84.0 Å². The molecule has 0 aliphatic rings. The Kier molecular flexibility index (Phi) is 46.7. The Morgan fingerprint density at radius 1 is 0.279 bits per heavy atom. The predicted molar refractivity (Wildman–Crippen MR) is 243 cm³/mol. The molecule has 0 radical (unpaired) electrons. The van der Waals surface area contributed by atoms with E-state index in [2.05, 4.69) is 11.7 Å². The summed E-state index contributed by atoms with van der Waals surface area (Å²) in [5, 5.41) is 0. The van der Waals surface area contributed by atoms with Crippen LogP contribution in [0.5, 0.6) is 5.75 Å². The van der Waals surface area contributed by atoms with Gasteiger partial charge in [0.05, 0.1) is 172 Å². The molecule has 68 heavy (non-hydrogen) atoms. The highest BCUT2D eigenvalue weighted by Gasteiger charge is 2.28. The minimum absolute atomic E-state index is 0.0784. The Morgan fingerprint density at radius 3 is 0.750 bits per heavy atom. The fourth-order valence-corrected chi connectivity index (χ4v) is 5.96. The maximum Gasteiger partial charge on any atom is 0.313 e. The van der Waals surface area contributed by atoms with Gasteiger partial charge in [-0.25, -0.2) is 13.2 Å². The second-order valence-electron chi connectivity index (χ2n) is 15.3. The molecule has 0 atom stereocenters. The van der Waals surface area contributed by atoms with Crippen LogP contribution in [-0.4, -0.2) is 178 Å². The van der Waals surface area contributed by atoms with Crippen molar-refractivity contribution in [3.05, 3.63) is 29.1 Å². The number of esters is 1. The minimum Gasteiger partial charge on any atom is -0.420 e. The molecule has 0 heterocycles. The Balaban J connectivity index is 1.66. The van der Waals surface area contributed by atoms with Gasteiger partial charge in [0, 0.05) is 6.61 Å². The Morgan fingerprint density at radius 2 is 0.485 bits per heavy atom. The summed E-state index contributed by atoms with van der Waals surface area (Å²) in [4.78, 5) is 11.7. The highest BCUT2D eigenvalue weighted by Crippen LogP contribution is 2.29. The number of carbonyl (C=O) groups excluding carboxylic acids is 1. The third kappa shape index (κ3) is 39.5. The summed E-state index contributed by atoms with van der Waals surface area (Å²) in [6.45, 7) is 13.2. The molecule has 0 spiro atoms. The van der Waals surface area contributed by atoms with Gasteiger partial charge >= 0.3 is 5.97 Å². The van der Waals surface area contributed by atoms with Gasteiger partial charge in [-0.05, 0) is 6.42 Å². The van der Waals surface area contributed by atoms with Crippen molar-refractivity contribution < 1.29 is 93.1 Å². The second kappa shape index (κ2) is 49.8. The lowest BCUT2D eigenvalue weighted by atomic mass is 10.0. The van der Waals surface area contributed by atoms with Gasteiger partial charge in [0.15, 0.2) is 0 Å². The largest absolute Gasteiger partial charge is 0.420 e. The molecular weight excluding hydrogens is 912 g/mol. The predicted octanol–water partition coefficient (Wildman–Crippen LogP) is 7.98. The first-order chi connectivity index (χ1) is 33.4. The summed E-state index contributed by atoms with van der Waals surface area (Å²) in [5.41, 5.74) is 0. The highest BCUT2D eigenvalue weighted by atomic mass is 19.2. The van der Waals surface area contributed by atoms with Gasteiger partial charge in [0.2, 0.25) is 34.8 Å². The van der Waals surface area contributed by atoms with Gasteiger partial charge in [0.1, 0.15) is 0 Å². The van der Waals surface area contributed by atoms with Crippen LogP contribution in [0.1, 0.15) is 96.8 Å². The molecule has 0 fully saturated rings. The van der Waals surface area contributed by atoms with E-state index in [9.17, 15) is 26.7 Å². The first-order valence-corrected chi connectivity index (χ1v) is 24.6. The average molecular weight is 995 g/mol. The van der Waals surface area contributed by atoms with Crippen LogP contribution < -0.4 is 4.74 Å². The molecule has 1 aromatic carbocycles. The summed E-state index contributed by atoms with van der Waals surface area (Å²) in [7, 11) is 0. The monoisotopic (exact) mass is 995 g/mol. The van der Waals surface area contributed by atoms with Gasteiger partial charge in [0.25, 0.3) is 0 Å². The number of unbranched alkanes of at least 4 members (excludes halogenated alkanes) is 12. The molecule has 0 aliphatic heterocycles. The molecule has 0 saturated heterocycles. The van der Waals surface area contributed by atoms with Crippen LogP contribution in [0.3, 0.4) is 0 Å². The number of carbonyl (C=O) groups is 1. The van der Waals surface area contributed by atoms with Crippen molar-refractivity contribution in [1.29, 1.82) is 0 Å². The first kappa shape index (κ1) is 63.8. The van der Waals surface area contributed by atoms with Gasteiger partial charge in [-0.15, -0.1) is 0 Å². The molecule has 0 bridgehead atoms. The van der Waals surface area contributed by atoms with Crippen LogP contribution in [0.2, 0.25) is 0 Å². The van der Waals surface area contributed by atoms with E-state index in [4.69, 9.17) is 61.6 Å². The SMILES string of the molecule is CCCCCCCCCCCCCCCOCCOCCOCCOCCOCCOCCOCCOCCOCCOCCOCCOCCOCCC(=O)Oc1c(F)c(F)c(F)c(F)c1F. The molecule has 0 aliphatic carbocycles. The molecule has 0 saturated carbocycles. The molecule has 20 heteroatoms. The van der Waals surface area contributed by atoms with Gasteiger partial charge in [-0.3, -0.25) is 4.79 Å². The quantitative estimate of drug-likeness (QED) is 0.0155. The first-order valence-electron chi connectivity index (χ1n) is 24.6. The third-order valence-corrected chi connectivity index (χ3v) is 9.69. The van der Waals surface area contributed by atoms with Crippen molar-refractivity contribution in [2.24, 2.45) is 0 Å². The van der Waals surface area contributed by atoms with Crippen LogP contribution in [-0.2, 0) is 66.4 Å². The fourth-order valence-electron chi connectivity index (χ4n) is 5.96. The third-order valence-electron chi connectivity index (χ3n) is 9.69. The van der Waals surface area contributed by atoms with E-state index >= 15 is 0 Å². The van der Waals surface area contributed by atoms with Crippen molar-refractivity contribution in [2.45, 2.75) is 96.8 Å². The zero-order valence-electron chi connectivity index (χ0n) is 40.8. The van der Waals surface area contributed by atoms with Crippen molar-refractivity contribution >= 4 is 5.97 Å². The van der Waals surface area contributed by atoms with Crippen LogP contribution in [0.4, 0.5) is 22.0 Å². The van der Waals surface area contributed by atoms with Crippen LogP contribution in [0.15, 0.2) is 0 Å². The Bertz CT molecular complexity index is 1250. The van der Waals surface area contributed by atoms with Crippen LogP contribution >= 0.6 is 0 Å². The molecule has 0 unspecified atom stereocenters. The molecular formula is C48H83F5O15. The van der Waals surface area contributed by atoms with Gasteiger partial charge < -0.3 is 66.3 Å². The molecule has 0 N–H and O–H groups in total. The van der Waals surface area contributed by atoms with Crippen molar-refractivity contribution in [3.8, 4) is 5.75 Å². The lowest BCUT2D eigenvalue weighted by Gasteiger charge is -2.09. The Labute approximate surface area is 401 Å². The summed E-state index contributed by atoms with van der Waals surface area (Å²) < 4.78 is 142. The van der Waals surface area contributed by atoms with Crippen molar-refractivity contribution in [3.63, 3.8) is 0 Å². The summed E-state index contributed by atoms with van der Waals surface area (Å²) in [6.07, 6.45) is 17.1. The summed E-state index contributed by atoms with van der Waals surface area (Å²) in [5.74, 6) is -14.1. The van der Waals surface area contributed by atoms with E-state index in [0.717, 1.165) is 13.0 Å². The van der Waals surface area contributed by atoms with Crippen LogP contribution in [0, 0.1) is 29.1 Å². The fraction of sp³-hybridized carbons (Fsp3) is 0.854. The maximum absolute atomic E-state index is 13.6. The Hall–Kier alpha value is -2.18. The van der Waals surface area contributed by atoms with Crippen molar-refractivity contribution in [2.75, 3.05) is 172 Å². The standard InChI is InChI=1S/C48H83F5O15/c1-2-3-4-5-6-7-8-9-10-11-12-13-14-16-55-18-20-57-22-24-59-26-28-61-30-32-63-34-36-65-38-40-67-41-39-66-37-35-64-33-31-62-29-27-60-25-23-58-21-19-56-17-15-42(54)68-48-46(52)44(50)43(49)45(51)47(48)53/h2-41H2,1H3. The molecule has 0 aromatic heterocycles. The van der Waals surface area contributed by atoms with E-state index < -0.39 is 47.2 Å². The summed E-state index contributed by atoms with van der Waals surface area (Å²) in [6, 6.07) is 0. The highest BCUT2D eigenvalue weighted by molar-refractivity contribution is 5.72. The normalized spacial score (nSPS) is 11.6. The second-order valence-corrected chi connectivity index (χ2v) is 15.3. The number of benzene rings is 1. The molecule has 1 rings (SSSR count). The van der Waals surface area contributed by atoms with E-state index in [0.29, 0.717) is 139 Å². The lowest BCUT2D eigenvalue weighted by Crippen LogP contribution is -2.16. The maximum atomic E-state index is 13.6. The number of rotatable bonds is 54. The number of halogens is 5. The van der Waals surface area contributed by atoms with Crippen molar-refractivity contribution in [1.82, 2.24) is 0 Å². The molecule has 1 aromatic rings. The van der Waals surface area contributed by atoms with Gasteiger partial charge in [-0.2, -0.15) is 8.78 Å². The zero-order chi connectivity index (χ0) is 49.2. The molecule has 15 nitrogen and oxygen atoms in total. The smallest absolute Gasteiger partial charge is 0.313 e. The lowest BCUT2D eigenvalue weighted by molar-refractivity contribution is -0.136. The zero-order valence-corrected chi connectivity index (χ0v) is 40.8. The number of hydrogen-bond acceptors (Lipinski definition) is 15. The van der Waals surface area contributed by atoms with E-state index in [1.165, 1.54) is 77.0 Å². The number of ether oxygens (including phenoxy) is 14. The molecule has 400 valence electrons. The average Bonchev–Trinajstić information content (AvgIpc) is 3.34. The molecule has 0 amide bonds. The topological polar surface area (TPSA) is 146 Å². The van der Waals surface area contributed by atoms with E-state index in [1.807, 2.05) is 0 Å². The van der Waals surface area contributed by atoms with E-state index in [1.54, 1.807) is 0 Å². The summed E-state index contributed by atoms with van der Waals surface area (Å²) >= 11 is 0. The van der Waals surface area contributed by atoms with E-state index in [-0.39, 0.29) is 26.4 Å². The minimum atomic E-state index is -2.35.